The molecule has 8 heteroatoms. The Bertz CT molecular complexity index is 777. The molecule has 1 heterocycles. The van der Waals surface area contributed by atoms with Crippen LogP contribution in [0.15, 0.2) is 24.3 Å². The van der Waals surface area contributed by atoms with Gasteiger partial charge in [-0.05, 0) is 37.6 Å². The van der Waals surface area contributed by atoms with Gasteiger partial charge in [-0.2, -0.15) is 0 Å². The number of carbonyl (C=O) groups excluding carboxylic acids is 2. The minimum Gasteiger partial charge on any atom is -0.355 e. The largest absolute Gasteiger partial charge is 0.355 e. The summed E-state index contributed by atoms with van der Waals surface area (Å²) in [6.07, 6.45) is 2.35. The summed E-state index contributed by atoms with van der Waals surface area (Å²) in [5, 5.41) is 2.59. The first kappa shape index (κ1) is 22.4. The highest BCUT2D eigenvalue weighted by Gasteiger charge is 2.34. The minimum absolute atomic E-state index is 0.0277. The number of nitrogens with one attached hydrogen (secondary N) is 1. The third-order valence-electron chi connectivity index (χ3n) is 5.02. The number of hydrogen-bond acceptors (Lipinski definition) is 5. The van der Waals surface area contributed by atoms with Gasteiger partial charge in [-0.25, -0.2) is 8.42 Å². The zero-order chi connectivity index (χ0) is 20.7. The number of benzene rings is 1. The van der Waals surface area contributed by atoms with Gasteiger partial charge >= 0.3 is 0 Å². The Hall–Kier alpha value is -1.93. The zero-order valence-electron chi connectivity index (χ0n) is 17.0. The van der Waals surface area contributed by atoms with E-state index < -0.39 is 9.84 Å². The summed E-state index contributed by atoms with van der Waals surface area (Å²) in [4.78, 5) is 28.2. The highest BCUT2D eigenvalue weighted by atomic mass is 32.2. The molecule has 1 aromatic rings. The second kappa shape index (κ2) is 10.0. The Morgan fingerprint density at radius 2 is 1.89 bits per heavy atom. The molecule has 1 aliphatic rings. The molecule has 0 radical (unpaired) electrons. The first-order valence-electron chi connectivity index (χ1n) is 9.75. The standard InChI is InChI=1S/C20H31N3O4S/c1-4-5-11-23(18-10-12-28(26,27)15-18)19(24)14-22(3)13-16-6-8-17(9-7-16)20(25)21-2/h6-9,18H,4-5,10-15H2,1-3H3,(H,21,25)/t18-/m1/s1. The van der Waals surface area contributed by atoms with E-state index in [1.165, 1.54) is 0 Å². The van der Waals surface area contributed by atoms with Crippen molar-refractivity contribution in [3.8, 4) is 0 Å². The fraction of sp³-hybridized carbons (Fsp3) is 0.600. The Morgan fingerprint density at radius 1 is 1.21 bits per heavy atom. The highest BCUT2D eigenvalue weighted by Crippen LogP contribution is 2.19. The average Bonchev–Trinajstić information content (AvgIpc) is 3.01. The summed E-state index contributed by atoms with van der Waals surface area (Å²) in [5.74, 6) is 0.0852. The molecule has 0 saturated carbocycles. The summed E-state index contributed by atoms with van der Waals surface area (Å²) in [6, 6.07) is 7.08. The van der Waals surface area contributed by atoms with E-state index in [1.807, 2.05) is 24.1 Å². The lowest BCUT2D eigenvalue weighted by atomic mass is 10.1. The van der Waals surface area contributed by atoms with Crippen molar-refractivity contribution in [3.63, 3.8) is 0 Å². The van der Waals surface area contributed by atoms with Crippen LogP contribution in [0.1, 0.15) is 42.1 Å². The normalized spacial score (nSPS) is 18.2. The van der Waals surface area contributed by atoms with Crippen molar-refractivity contribution >= 4 is 21.7 Å². The van der Waals surface area contributed by atoms with E-state index in [9.17, 15) is 18.0 Å². The van der Waals surface area contributed by atoms with E-state index in [4.69, 9.17) is 0 Å². The van der Waals surface area contributed by atoms with Crippen LogP contribution < -0.4 is 5.32 Å². The lowest BCUT2D eigenvalue weighted by Gasteiger charge is -2.30. The van der Waals surface area contributed by atoms with Crippen molar-refractivity contribution in [3.05, 3.63) is 35.4 Å². The van der Waals surface area contributed by atoms with E-state index in [1.54, 1.807) is 24.1 Å². The second-order valence-electron chi connectivity index (χ2n) is 7.45. The Kier molecular flexibility index (Phi) is 8.00. The van der Waals surface area contributed by atoms with Crippen LogP contribution in [0.4, 0.5) is 0 Å². The van der Waals surface area contributed by atoms with Gasteiger partial charge in [0.2, 0.25) is 5.91 Å². The molecule has 7 nitrogen and oxygen atoms in total. The number of nitrogens with zero attached hydrogens (tertiary/aromatic N) is 2. The van der Waals surface area contributed by atoms with Crippen molar-refractivity contribution in [2.24, 2.45) is 0 Å². The summed E-state index contributed by atoms with van der Waals surface area (Å²) < 4.78 is 23.7. The van der Waals surface area contributed by atoms with E-state index in [0.29, 0.717) is 25.1 Å². The fourth-order valence-electron chi connectivity index (χ4n) is 3.46. The van der Waals surface area contributed by atoms with Gasteiger partial charge < -0.3 is 10.2 Å². The quantitative estimate of drug-likeness (QED) is 0.664. The molecule has 2 rings (SSSR count). The molecule has 1 aromatic carbocycles. The minimum atomic E-state index is -3.03. The van der Waals surface area contributed by atoms with Crippen LogP contribution in [0.2, 0.25) is 0 Å². The van der Waals surface area contributed by atoms with Gasteiger partial charge in [0.05, 0.1) is 18.1 Å². The van der Waals surface area contributed by atoms with Gasteiger partial charge in [-0.1, -0.05) is 25.5 Å². The number of hydrogen-bond donors (Lipinski definition) is 1. The summed E-state index contributed by atoms with van der Waals surface area (Å²) in [7, 11) is 0.432. The molecule has 1 fully saturated rings. The molecule has 1 N–H and O–H groups in total. The molecule has 28 heavy (non-hydrogen) atoms. The lowest BCUT2D eigenvalue weighted by molar-refractivity contribution is -0.134. The maximum Gasteiger partial charge on any atom is 0.251 e. The average molecular weight is 410 g/mol. The number of likely N-dealkylation sites (N-methyl/N-ethyl adjacent to an activating group) is 1. The first-order valence-corrected chi connectivity index (χ1v) is 11.6. The second-order valence-corrected chi connectivity index (χ2v) is 9.67. The predicted octanol–water partition coefficient (Wildman–Crippen LogP) is 1.29. The van der Waals surface area contributed by atoms with Crippen LogP contribution in [0.25, 0.3) is 0 Å². The van der Waals surface area contributed by atoms with Crippen molar-refractivity contribution in [1.82, 2.24) is 15.1 Å². The number of sulfone groups is 1. The molecular formula is C20H31N3O4S. The van der Waals surface area contributed by atoms with Crippen LogP contribution in [-0.4, -0.2) is 74.8 Å². The molecule has 1 atom stereocenters. The number of unbranched alkanes of at least 4 members (excludes halogenated alkanes) is 1. The SMILES string of the molecule is CCCCN(C(=O)CN(C)Cc1ccc(C(=O)NC)cc1)[C@@H]1CCS(=O)(=O)C1. The van der Waals surface area contributed by atoms with E-state index in [0.717, 1.165) is 18.4 Å². The van der Waals surface area contributed by atoms with Crippen LogP contribution in [0, 0.1) is 0 Å². The van der Waals surface area contributed by atoms with Crippen molar-refractivity contribution in [2.75, 3.05) is 38.7 Å². The predicted molar refractivity (Wildman–Crippen MR) is 110 cm³/mol. The molecule has 1 saturated heterocycles. The number of carbonyl (C=O) groups is 2. The molecule has 0 unspecified atom stereocenters. The van der Waals surface area contributed by atoms with Gasteiger partial charge in [0.15, 0.2) is 9.84 Å². The van der Waals surface area contributed by atoms with E-state index in [-0.39, 0.29) is 35.9 Å². The third-order valence-corrected chi connectivity index (χ3v) is 6.77. The number of rotatable bonds is 9. The molecule has 0 aliphatic carbocycles. The first-order chi connectivity index (χ1) is 13.3. The van der Waals surface area contributed by atoms with E-state index in [2.05, 4.69) is 12.2 Å². The zero-order valence-corrected chi connectivity index (χ0v) is 17.8. The highest BCUT2D eigenvalue weighted by molar-refractivity contribution is 7.91. The summed E-state index contributed by atoms with van der Waals surface area (Å²) >= 11 is 0. The maximum atomic E-state index is 12.9. The number of amides is 2. The van der Waals surface area contributed by atoms with Crippen molar-refractivity contribution < 1.29 is 18.0 Å². The summed E-state index contributed by atoms with van der Waals surface area (Å²) in [6.45, 7) is 3.47. The topological polar surface area (TPSA) is 86.8 Å². The summed E-state index contributed by atoms with van der Waals surface area (Å²) in [5.41, 5.74) is 1.60. The van der Waals surface area contributed by atoms with Gasteiger partial charge in [0.25, 0.3) is 5.91 Å². The smallest absolute Gasteiger partial charge is 0.251 e. The molecule has 0 aromatic heterocycles. The molecule has 0 spiro atoms. The maximum absolute atomic E-state index is 12.9. The molecule has 156 valence electrons. The monoisotopic (exact) mass is 409 g/mol. The Morgan fingerprint density at radius 3 is 2.43 bits per heavy atom. The van der Waals surface area contributed by atoms with E-state index >= 15 is 0 Å². The fourth-order valence-corrected chi connectivity index (χ4v) is 5.19. The van der Waals surface area contributed by atoms with Gasteiger partial charge in [0, 0.05) is 31.7 Å². The van der Waals surface area contributed by atoms with Crippen LogP contribution in [-0.2, 0) is 21.2 Å². The Balaban J connectivity index is 1.96. The molecule has 2 amide bonds. The molecular weight excluding hydrogens is 378 g/mol. The molecule has 1 aliphatic heterocycles. The van der Waals surface area contributed by atoms with Crippen LogP contribution in [0.5, 0.6) is 0 Å². The Labute approximate surface area is 168 Å². The van der Waals surface area contributed by atoms with Crippen LogP contribution in [0.3, 0.4) is 0 Å². The van der Waals surface area contributed by atoms with Crippen molar-refractivity contribution in [1.29, 1.82) is 0 Å². The van der Waals surface area contributed by atoms with Crippen molar-refractivity contribution in [2.45, 2.75) is 38.8 Å². The van der Waals surface area contributed by atoms with Gasteiger partial charge in [-0.3, -0.25) is 14.5 Å². The van der Waals surface area contributed by atoms with Gasteiger partial charge in [-0.15, -0.1) is 0 Å². The van der Waals surface area contributed by atoms with Crippen LogP contribution >= 0.6 is 0 Å². The lowest BCUT2D eigenvalue weighted by Crippen LogP contribution is -2.46. The third kappa shape index (κ3) is 6.31. The molecule has 0 bridgehead atoms. The van der Waals surface area contributed by atoms with Gasteiger partial charge in [0.1, 0.15) is 0 Å².